The van der Waals surface area contributed by atoms with Gasteiger partial charge in [0.1, 0.15) is 19.3 Å². The lowest BCUT2D eigenvalue weighted by molar-refractivity contribution is -0.161. The molecule has 0 bridgehead atoms. The number of aliphatic hydroxyl groups is 1. The Bertz CT molecular complexity index is 1400. The molecule has 2 unspecified atom stereocenters. The summed E-state index contributed by atoms with van der Waals surface area (Å²) in [7, 11) is -9.84. The second-order valence-corrected chi connectivity index (χ2v) is 21.9. The first-order chi connectivity index (χ1) is 33.5. The van der Waals surface area contributed by atoms with E-state index in [9.17, 15) is 43.2 Å². The van der Waals surface area contributed by atoms with Gasteiger partial charge in [0.05, 0.1) is 26.4 Å². The van der Waals surface area contributed by atoms with Gasteiger partial charge in [0.15, 0.2) is 12.2 Å². The number of unbranched alkanes of at least 4 members (excludes halogenated alkanes) is 23. The van der Waals surface area contributed by atoms with Crippen LogP contribution in [0.4, 0.5) is 0 Å². The van der Waals surface area contributed by atoms with Crippen molar-refractivity contribution in [1.82, 2.24) is 0 Å². The molecular weight excluding hydrogens is 946 g/mol. The Morgan fingerprint density at radius 1 is 0.386 bits per heavy atom. The lowest BCUT2D eigenvalue weighted by atomic mass is 10.0. The number of ether oxygens (including phenoxy) is 4. The molecular formula is C51H98O17P2. The molecule has 0 rings (SSSR count). The summed E-state index contributed by atoms with van der Waals surface area (Å²) in [6.45, 7) is 6.85. The average Bonchev–Trinajstić information content (AvgIpc) is 3.31. The van der Waals surface area contributed by atoms with Crippen LogP contribution < -0.4 is 0 Å². The van der Waals surface area contributed by atoms with Gasteiger partial charge in [0.25, 0.3) is 0 Å². The van der Waals surface area contributed by atoms with E-state index in [2.05, 4.69) is 34.6 Å². The predicted octanol–water partition coefficient (Wildman–Crippen LogP) is 12.7. The van der Waals surface area contributed by atoms with Crippen LogP contribution in [-0.2, 0) is 65.4 Å². The van der Waals surface area contributed by atoms with E-state index in [4.69, 9.17) is 37.0 Å². The van der Waals surface area contributed by atoms with E-state index in [0.29, 0.717) is 25.7 Å². The molecule has 0 saturated heterocycles. The van der Waals surface area contributed by atoms with Crippen LogP contribution in [0.3, 0.4) is 0 Å². The first-order valence-corrected chi connectivity index (χ1v) is 30.1. The highest BCUT2D eigenvalue weighted by atomic mass is 31.2. The van der Waals surface area contributed by atoms with E-state index in [1.165, 1.54) is 57.8 Å². The molecule has 0 aromatic heterocycles. The number of rotatable bonds is 51. The minimum Gasteiger partial charge on any atom is -0.462 e. The predicted molar refractivity (Wildman–Crippen MR) is 271 cm³/mol. The molecule has 19 heteroatoms. The molecule has 0 heterocycles. The minimum absolute atomic E-state index is 0.0985. The van der Waals surface area contributed by atoms with E-state index < -0.39 is 97.5 Å². The van der Waals surface area contributed by atoms with E-state index >= 15 is 0 Å². The highest BCUT2D eigenvalue weighted by molar-refractivity contribution is 7.47. The molecule has 0 radical (unpaired) electrons. The van der Waals surface area contributed by atoms with E-state index in [1.54, 1.807) is 0 Å². The molecule has 414 valence electrons. The Morgan fingerprint density at radius 2 is 0.657 bits per heavy atom. The highest BCUT2D eigenvalue weighted by Crippen LogP contribution is 2.45. The Morgan fingerprint density at radius 3 is 0.971 bits per heavy atom. The van der Waals surface area contributed by atoms with E-state index in [1.807, 2.05) is 0 Å². The van der Waals surface area contributed by atoms with Crippen molar-refractivity contribution in [3.8, 4) is 0 Å². The van der Waals surface area contributed by atoms with E-state index in [0.717, 1.165) is 102 Å². The summed E-state index contributed by atoms with van der Waals surface area (Å²) in [4.78, 5) is 71.0. The number of phosphoric ester groups is 2. The number of carbonyl (C=O) groups is 4. The van der Waals surface area contributed by atoms with Crippen LogP contribution in [0.1, 0.15) is 240 Å². The molecule has 0 fully saturated rings. The largest absolute Gasteiger partial charge is 0.472 e. The van der Waals surface area contributed by atoms with Crippen LogP contribution in [0.2, 0.25) is 0 Å². The fourth-order valence-electron chi connectivity index (χ4n) is 7.28. The third-order valence-corrected chi connectivity index (χ3v) is 13.4. The van der Waals surface area contributed by atoms with Gasteiger partial charge in [-0.25, -0.2) is 9.13 Å². The van der Waals surface area contributed by atoms with Gasteiger partial charge >= 0.3 is 39.5 Å². The molecule has 5 atom stereocenters. The highest BCUT2D eigenvalue weighted by Gasteiger charge is 2.30. The summed E-state index contributed by atoms with van der Waals surface area (Å²) >= 11 is 0. The summed E-state index contributed by atoms with van der Waals surface area (Å²) in [5.74, 6) is -1.46. The fourth-order valence-corrected chi connectivity index (χ4v) is 8.86. The molecule has 0 saturated carbocycles. The Hall–Kier alpha value is -1.94. The zero-order valence-corrected chi connectivity index (χ0v) is 45.9. The minimum atomic E-state index is -4.92. The first kappa shape index (κ1) is 68.1. The molecule has 0 aliphatic rings. The van der Waals surface area contributed by atoms with Crippen molar-refractivity contribution in [3.63, 3.8) is 0 Å². The Labute approximate surface area is 422 Å². The standard InChI is InChI=1S/C51H98O17P2/c1-6-9-12-15-16-17-21-26-30-35-49(54)62-41-47(68-51(56)37-32-27-22-19-18-20-25-28-33-44(4)5)43-66-70(59,60)64-39-45(52)38-63-69(57,58)65-42-46(67-50(55)36-31-24-14-11-8-3)40-61-48(53)34-29-23-13-10-7-2/h44-47,52H,6-43H2,1-5H3,(H,57,58)(H,59,60)/t45-,46+,47+/m0/s1. The smallest absolute Gasteiger partial charge is 0.462 e. The molecule has 70 heavy (non-hydrogen) atoms. The molecule has 0 amide bonds. The van der Waals surface area contributed by atoms with Crippen LogP contribution in [-0.4, -0.2) is 96.7 Å². The van der Waals surface area contributed by atoms with Crippen molar-refractivity contribution in [2.24, 2.45) is 5.92 Å². The summed E-state index contributed by atoms with van der Waals surface area (Å²) < 4.78 is 67.0. The number of hydrogen-bond donors (Lipinski definition) is 3. The van der Waals surface area contributed by atoms with Crippen LogP contribution in [0, 0.1) is 5.92 Å². The van der Waals surface area contributed by atoms with Crippen molar-refractivity contribution < 1.29 is 80.2 Å². The van der Waals surface area contributed by atoms with Crippen molar-refractivity contribution in [3.05, 3.63) is 0 Å². The van der Waals surface area contributed by atoms with Gasteiger partial charge in [-0.1, -0.05) is 189 Å². The zero-order valence-electron chi connectivity index (χ0n) is 44.1. The lowest BCUT2D eigenvalue weighted by Gasteiger charge is -2.21. The van der Waals surface area contributed by atoms with Crippen molar-refractivity contribution >= 4 is 39.5 Å². The molecule has 0 spiro atoms. The van der Waals surface area contributed by atoms with E-state index in [-0.39, 0.29) is 25.7 Å². The normalized spacial score (nSPS) is 14.6. The first-order valence-electron chi connectivity index (χ1n) is 27.1. The van der Waals surface area contributed by atoms with Crippen LogP contribution in [0.15, 0.2) is 0 Å². The zero-order chi connectivity index (χ0) is 52.1. The third kappa shape index (κ3) is 45.9. The van der Waals surface area contributed by atoms with Gasteiger partial charge in [0.2, 0.25) is 0 Å². The number of hydrogen-bond acceptors (Lipinski definition) is 15. The Kier molecular flexibility index (Phi) is 44.4. The number of esters is 4. The second-order valence-electron chi connectivity index (χ2n) is 19.0. The summed E-state index contributed by atoms with van der Waals surface area (Å²) in [5, 5.41) is 10.4. The van der Waals surface area contributed by atoms with Crippen LogP contribution in [0.25, 0.3) is 0 Å². The second kappa shape index (κ2) is 45.7. The SMILES string of the molecule is CCCCCCCCCCCC(=O)OC[C@H](COP(=O)(O)OC[C@@H](O)COP(=O)(O)OC[C@@H](COC(=O)CCCCCCC)OC(=O)CCCCCCC)OC(=O)CCCCCCCCCCC(C)C. The number of carbonyl (C=O) groups excluding carboxylic acids is 4. The van der Waals surface area contributed by atoms with Gasteiger partial charge in [-0.15, -0.1) is 0 Å². The molecule has 0 aliphatic carbocycles. The molecule has 3 N–H and O–H groups in total. The summed E-state index contributed by atoms with van der Waals surface area (Å²) in [6, 6.07) is 0. The average molecular weight is 1050 g/mol. The lowest BCUT2D eigenvalue weighted by Crippen LogP contribution is -2.30. The van der Waals surface area contributed by atoms with Crippen molar-refractivity contribution in [1.29, 1.82) is 0 Å². The van der Waals surface area contributed by atoms with Gasteiger partial charge in [0, 0.05) is 25.7 Å². The maximum absolute atomic E-state index is 12.8. The maximum atomic E-state index is 12.8. The summed E-state index contributed by atoms with van der Waals surface area (Å²) in [6.07, 6.45) is 24.7. The van der Waals surface area contributed by atoms with Crippen molar-refractivity contribution in [2.45, 2.75) is 258 Å². The Balaban J connectivity index is 5.15. The maximum Gasteiger partial charge on any atom is 0.472 e. The van der Waals surface area contributed by atoms with Gasteiger partial charge in [-0.05, 0) is 31.6 Å². The summed E-state index contributed by atoms with van der Waals surface area (Å²) in [5.41, 5.74) is 0. The van der Waals surface area contributed by atoms with Gasteiger partial charge in [-0.3, -0.25) is 37.3 Å². The quantitative estimate of drug-likeness (QED) is 0.0222. The van der Waals surface area contributed by atoms with Gasteiger partial charge < -0.3 is 33.8 Å². The third-order valence-electron chi connectivity index (χ3n) is 11.5. The van der Waals surface area contributed by atoms with Crippen LogP contribution >= 0.6 is 15.6 Å². The molecule has 0 aromatic rings. The molecule has 0 aliphatic heterocycles. The number of aliphatic hydroxyl groups excluding tert-OH is 1. The van der Waals surface area contributed by atoms with Crippen LogP contribution in [0.5, 0.6) is 0 Å². The number of phosphoric acid groups is 2. The van der Waals surface area contributed by atoms with Gasteiger partial charge in [-0.2, -0.15) is 0 Å². The molecule has 17 nitrogen and oxygen atoms in total. The monoisotopic (exact) mass is 1040 g/mol. The fraction of sp³-hybridized carbons (Fsp3) is 0.922. The molecule has 0 aromatic carbocycles. The topological polar surface area (TPSA) is 237 Å². The van der Waals surface area contributed by atoms with Crippen molar-refractivity contribution in [2.75, 3.05) is 39.6 Å².